The van der Waals surface area contributed by atoms with Crippen molar-refractivity contribution in [2.45, 2.75) is 65.3 Å². The highest BCUT2D eigenvalue weighted by atomic mass is 16.5. The number of likely N-dealkylation sites (N-methyl/N-ethyl adjacent to an activating group) is 1. The highest BCUT2D eigenvalue weighted by Gasteiger charge is 2.37. The third-order valence-electron chi connectivity index (χ3n) is 7.35. The van der Waals surface area contributed by atoms with Crippen LogP contribution in [-0.4, -0.2) is 78.3 Å². The second-order valence-corrected chi connectivity index (χ2v) is 11.8. The van der Waals surface area contributed by atoms with Crippen molar-refractivity contribution in [3.63, 3.8) is 0 Å². The number of aryl methyl sites for hydroxylation is 1. The fraction of sp³-hybridized carbons (Fsp3) is 0.455. The van der Waals surface area contributed by atoms with E-state index in [0.717, 1.165) is 18.4 Å². The molecule has 3 atom stereocenters. The van der Waals surface area contributed by atoms with E-state index >= 15 is 0 Å². The summed E-state index contributed by atoms with van der Waals surface area (Å²) in [6.45, 7) is 7.64. The standard InChI is InChI=1S/C33H45N5O5/c1-24(34-5)30(40)36-29(33(2,3)4)31(41)35-21-28(39)38-20-19-37(18-12-17-25-13-8-6-9-14-25)32(42)27(38)23-43-22-26-15-10-7-11-16-26/h6-11,13-16,19-20,24,27,29,34H,12,17-18,21-23H2,1-5H3,(H,35,41)(H,36,40)/t24-,27-,29+/m0/s1. The molecular weight excluding hydrogens is 546 g/mol. The van der Waals surface area contributed by atoms with Crippen LogP contribution in [0.15, 0.2) is 73.1 Å². The molecule has 1 heterocycles. The van der Waals surface area contributed by atoms with Crippen molar-refractivity contribution in [2.24, 2.45) is 5.41 Å². The fourth-order valence-electron chi connectivity index (χ4n) is 4.62. The van der Waals surface area contributed by atoms with Crippen LogP contribution < -0.4 is 16.0 Å². The Morgan fingerprint density at radius 1 is 0.930 bits per heavy atom. The zero-order chi connectivity index (χ0) is 31.4. The molecule has 3 N–H and O–H groups in total. The number of rotatable bonds is 14. The van der Waals surface area contributed by atoms with Crippen LogP contribution in [0.2, 0.25) is 0 Å². The first-order valence-corrected chi connectivity index (χ1v) is 14.7. The van der Waals surface area contributed by atoms with Gasteiger partial charge in [0.1, 0.15) is 12.1 Å². The molecular formula is C33H45N5O5. The number of carbonyl (C=O) groups is 4. The predicted octanol–water partition coefficient (Wildman–Crippen LogP) is 2.60. The summed E-state index contributed by atoms with van der Waals surface area (Å²) in [6, 6.07) is 17.4. The molecule has 0 radical (unpaired) electrons. The average molecular weight is 592 g/mol. The van der Waals surface area contributed by atoms with Crippen molar-refractivity contribution in [3.05, 3.63) is 84.2 Å². The lowest BCUT2D eigenvalue weighted by Crippen LogP contribution is -2.58. The lowest BCUT2D eigenvalue weighted by Gasteiger charge is -2.36. The Labute approximate surface area is 254 Å². The lowest BCUT2D eigenvalue weighted by atomic mass is 9.86. The van der Waals surface area contributed by atoms with Crippen LogP contribution in [-0.2, 0) is 36.9 Å². The Morgan fingerprint density at radius 3 is 2.16 bits per heavy atom. The van der Waals surface area contributed by atoms with E-state index in [0.29, 0.717) is 13.2 Å². The maximum atomic E-state index is 13.6. The number of amides is 4. The van der Waals surface area contributed by atoms with E-state index in [1.54, 1.807) is 31.3 Å². The van der Waals surface area contributed by atoms with Crippen LogP contribution in [0.4, 0.5) is 0 Å². The quantitative estimate of drug-likeness (QED) is 0.311. The van der Waals surface area contributed by atoms with Gasteiger partial charge in [0.25, 0.3) is 5.91 Å². The Kier molecular flexibility index (Phi) is 12.5. The molecule has 4 amide bonds. The maximum Gasteiger partial charge on any atom is 0.252 e. The molecule has 0 spiro atoms. The molecule has 1 aliphatic heterocycles. The number of nitrogens with one attached hydrogen (secondary N) is 3. The normalized spacial score (nSPS) is 16.5. The van der Waals surface area contributed by atoms with Crippen LogP contribution in [0.1, 0.15) is 45.2 Å². The third kappa shape index (κ3) is 10.0. The van der Waals surface area contributed by atoms with E-state index in [9.17, 15) is 19.2 Å². The van der Waals surface area contributed by atoms with Gasteiger partial charge in [-0.15, -0.1) is 0 Å². The van der Waals surface area contributed by atoms with Crippen LogP contribution in [0, 0.1) is 5.41 Å². The summed E-state index contributed by atoms with van der Waals surface area (Å²) in [5, 5.41) is 8.29. The molecule has 2 aromatic carbocycles. The largest absolute Gasteiger partial charge is 0.374 e. The molecule has 1 aliphatic rings. The van der Waals surface area contributed by atoms with Gasteiger partial charge >= 0.3 is 0 Å². The molecule has 0 saturated carbocycles. The van der Waals surface area contributed by atoms with Crippen LogP contribution in [0.3, 0.4) is 0 Å². The van der Waals surface area contributed by atoms with E-state index in [2.05, 4.69) is 28.1 Å². The predicted molar refractivity (Wildman–Crippen MR) is 165 cm³/mol. The van der Waals surface area contributed by atoms with Crippen LogP contribution in [0.25, 0.3) is 0 Å². The van der Waals surface area contributed by atoms with Gasteiger partial charge in [0.15, 0.2) is 0 Å². The molecule has 3 rings (SSSR count). The summed E-state index contributed by atoms with van der Waals surface area (Å²) in [5.41, 5.74) is 1.54. The van der Waals surface area contributed by atoms with E-state index in [1.807, 2.05) is 69.3 Å². The molecule has 0 unspecified atom stereocenters. The van der Waals surface area contributed by atoms with E-state index in [-0.39, 0.29) is 25.0 Å². The van der Waals surface area contributed by atoms with Gasteiger partial charge in [0, 0.05) is 18.9 Å². The second kappa shape index (κ2) is 16.0. The van der Waals surface area contributed by atoms with E-state index in [4.69, 9.17) is 4.74 Å². The molecule has 10 heteroatoms. The first-order valence-electron chi connectivity index (χ1n) is 14.7. The van der Waals surface area contributed by atoms with E-state index in [1.165, 1.54) is 10.5 Å². The molecule has 0 fully saturated rings. The Balaban J connectivity index is 1.67. The van der Waals surface area contributed by atoms with Crippen molar-refractivity contribution in [2.75, 3.05) is 26.7 Å². The molecule has 2 aromatic rings. The van der Waals surface area contributed by atoms with Gasteiger partial charge in [-0.3, -0.25) is 19.2 Å². The van der Waals surface area contributed by atoms with Crippen molar-refractivity contribution in [1.82, 2.24) is 25.8 Å². The molecule has 0 bridgehead atoms. The van der Waals surface area contributed by atoms with Crippen LogP contribution in [0.5, 0.6) is 0 Å². The molecule has 232 valence electrons. The number of benzene rings is 2. The minimum atomic E-state index is -0.885. The maximum absolute atomic E-state index is 13.6. The third-order valence-corrected chi connectivity index (χ3v) is 7.35. The summed E-state index contributed by atoms with van der Waals surface area (Å²) in [4.78, 5) is 55.6. The monoisotopic (exact) mass is 591 g/mol. The average Bonchev–Trinajstić information content (AvgIpc) is 3.00. The van der Waals surface area contributed by atoms with Crippen molar-refractivity contribution in [3.8, 4) is 0 Å². The first-order chi connectivity index (χ1) is 20.5. The number of hydrogen-bond donors (Lipinski definition) is 3. The van der Waals surface area contributed by atoms with Gasteiger partial charge in [-0.25, -0.2) is 0 Å². The molecule has 10 nitrogen and oxygen atoms in total. The zero-order valence-corrected chi connectivity index (χ0v) is 25.8. The SMILES string of the molecule is CN[C@@H](C)C(=O)N[C@H](C(=O)NCC(=O)N1C=CN(CCCc2ccccc2)C(=O)[C@@H]1COCc1ccccc1)C(C)(C)C. The van der Waals surface area contributed by atoms with Gasteiger partial charge in [0.05, 0.1) is 25.8 Å². The second-order valence-electron chi connectivity index (χ2n) is 11.8. The number of ether oxygens (including phenoxy) is 1. The lowest BCUT2D eigenvalue weighted by molar-refractivity contribution is -0.146. The Hall–Kier alpha value is -4.02. The van der Waals surface area contributed by atoms with Gasteiger partial charge in [0.2, 0.25) is 17.7 Å². The minimum Gasteiger partial charge on any atom is -0.374 e. The summed E-state index contributed by atoms with van der Waals surface area (Å²) >= 11 is 0. The van der Waals surface area contributed by atoms with E-state index < -0.39 is 35.4 Å². The molecule has 0 saturated heterocycles. The van der Waals surface area contributed by atoms with Gasteiger partial charge in [-0.05, 0) is 43.4 Å². The summed E-state index contributed by atoms with van der Waals surface area (Å²) in [7, 11) is 1.66. The highest BCUT2D eigenvalue weighted by Crippen LogP contribution is 2.20. The Bertz CT molecular complexity index is 1250. The summed E-state index contributed by atoms with van der Waals surface area (Å²) < 4.78 is 5.90. The van der Waals surface area contributed by atoms with Gasteiger partial charge in [-0.2, -0.15) is 0 Å². The fourth-order valence-corrected chi connectivity index (χ4v) is 4.62. The smallest absolute Gasteiger partial charge is 0.252 e. The minimum absolute atomic E-state index is 0.00445. The van der Waals surface area contributed by atoms with Crippen LogP contribution >= 0.6 is 0 Å². The number of carbonyl (C=O) groups excluding carboxylic acids is 4. The Morgan fingerprint density at radius 2 is 1.56 bits per heavy atom. The van der Waals surface area contributed by atoms with Gasteiger partial charge in [-0.1, -0.05) is 81.4 Å². The number of hydrogen-bond acceptors (Lipinski definition) is 6. The molecule has 0 aromatic heterocycles. The zero-order valence-electron chi connectivity index (χ0n) is 25.8. The first kappa shape index (κ1) is 33.5. The topological polar surface area (TPSA) is 120 Å². The van der Waals surface area contributed by atoms with Crippen molar-refractivity contribution >= 4 is 23.6 Å². The van der Waals surface area contributed by atoms with Crippen molar-refractivity contribution < 1.29 is 23.9 Å². The number of nitrogens with zero attached hydrogens (tertiary/aromatic N) is 2. The van der Waals surface area contributed by atoms with Gasteiger partial charge < -0.3 is 30.5 Å². The highest BCUT2D eigenvalue weighted by molar-refractivity contribution is 5.94. The summed E-state index contributed by atoms with van der Waals surface area (Å²) in [6.07, 6.45) is 4.76. The van der Waals surface area contributed by atoms with Crippen molar-refractivity contribution in [1.29, 1.82) is 0 Å². The molecule has 0 aliphatic carbocycles. The summed E-state index contributed by atoms with van der Waals surface area (Å²) in [5.74, 6) is -1.51. The molecule has 43 heavy (non-hydrogen) atoms.